The second kappa shape index (κ2) is 10.1. The van der Waals surface area contributed by atoms with E-state index in [2.05, 4.69) is 0 Å². The Bertz CT molecular complexity index is 918. The zero-order valence-electron chi connectivity index (χ0n) is 16.9. The van der Waals surface area contributed by atoms with Gasteiger partial charge in [-0.25, -0.2) is 9.18 Å². The van der Waals surface area contributed by atoms with Crippen LogP contribution >= 0.6 is 11.8 Å². The number of hydrogen-bond donors (Lipinski definition) is 1. The maximum atomic E-state index is 13.3. The molecule has 1 saturated heterocycles. The summed E-state index contributed by atoms with van der Waals surface area (Å²) in [6.45, 7) is 3.05. The van der Waals surface area contributed by atoms with Gasteiger partial charge in [0.15, 0.2) is 0 Å². The van der Waals surface area contributed by atoms with Crippen LogP contribution in [0.4, 0.5) is 10.1 Å². The quantitative estimate of drug-likeness (QED) is 0.606. The Kier molecular flexibility index (Phi) is 7.47. The van der Waals surface area contributed by atoms with Crippen LogP contribution in [0.1, 0.15) is 32.4 Å². The van der Waals surface area contributed by atoms with Crippen molar-refractivity contribution in [3.8, 4) is 0 Å². The first-order valence-electron chi connectivity index (χ1n) is 9.55. The third-order valence-corrected chi connectivity index (χ3v) is 6.22. The smallest absolute Gasteiger partial charge is 0.335 e. The number of carbonyl (C=O) groups is 2. The number of amides is 1. The predicted molar refractivity (Wildman–Crippen MR) is 114 cm³/mol. The van der Waals surface area contributed by atoms with Crippen molar-refractivity contribution in [3.05, 3.63) is 64.5 Å². The van der Waals surface area contributed by atoms with E-state index in [0.717, 1.165) is 11.1 Å². The van der Waals surface area contributed by atoms with Gasteiger partial charge in [-0.3, -0.25) is 9.69 Å². The number of rotatable bonds is 9. The molecule has 0 aliphatic carbocycles. The summed E-state index contributed by atoms with van der Waals surface area (Å²) in [6.07, 6.45) is 0.404. The van der Waals surface area contributed by atoms with Gasteiger partial charge in [0.25, 0.3) is 0 Å². The number of nitrogens with zero attached hydrogens (tertiary/aromatic N) is 1. The van der Waals surface area contributed by atoms with E-state index in [1.807, 2.05) is 6.92 Å². The Hall–Kier alpha value is -2.42. The highest BCUT2D eigenvalue weighted by Crippen LogP contribution is 2.43. The van der Waals surface area contributed by atoms with E-state index in [-0.39, 0.29) is 22.7 Å². The van der Waals surface area contributed by atoms with Gasteiger partial charge in [0.1, 0.15) is 11.2 Å². The summed E-state index contributed by atoms with van der Waals surface area (Å²) >= 11 is 1.46. The lowest BCUT2D eigenvalue weighted by Crippen LogP contribution is -2.29. The summed E-state index contributed by atoms with van der Waals surface area (Å²) in [4.78, 5) is 26.1. The molecular weight excluding hydrogens is 409 g/mol. The van der Waals surface area contributed by atoms with Gasteiger partial charge in [0.05, 0.1) is 31.1 Å². The molecule has 1 fully saturated rings. The van der Waals surface area contributed by atoms with Crippen LogP contribution in [-0.2, 0) is 20.7 Å². The molecular formula is C22H24FNO5S. The van der Waals surface area contributed by atoms with Crippen molar-refractivity contribution < 1.29 is 28.6 Å². The number of aromatic carboxylic acids is 1. The minimum Gasteiger partial charge on any atom is -0.478 e. The topological polar surface area (TPSA) is 76.1 Å². The Labute approximate surface area is 179 Å². The van der Waals surface area contributed by atoms with Crippen molar-refractivity contribution in [2.45, 2.75) is 18.7 Å². The molecule has 1 N–H and O–H groups in total. The first kappa shape index (κ1) is 22.3. The van der Waals surface area contributed by atoms with E-state index < -0.39 is 5.97 Å². The second-order valence-corrected chi connectivity index (χ2v) is 7.94. The number of thioether (sulfide) groups is 1. The molecule has 1 heterocycles. The van der Waals surface area contributed by atoms with Crippen molar-refractivity contribution in [2.24, 2.45) is 0 Å². The Balaban J connectivity index is 1.93. The van der Waals surface area contributed by atoms with Crippen LogP contribution in [0.5, 0.6) is 0 Å². The molecule has 1 unspecified atom stereocenters. The molecule has 30 heavy (non-hydrogen) atoms. The first-order valence-corrected chi connectivity index (χ1v) is 10.6. The molecule has 1 amide bonds. The Morgan fingerprint density at radius 3 is 2.60 bits per heavy atom. The molecule has 0 saturated carbocycles. The van der Waals surface area contributed by atoms with E-state index in [0.29, 0.717) is 43.2 Å². The first-order chi connectivity index (χ1) is 14.4. The zero-order valence-corrected chi connectivity index (χ0v) is 17.7. The summed E-state index contributed by atoms with van der Waals surface area (Å²) in [5, 5.41) is 9.32. The molecule has 0 bridgehead atoms. The fourth-order valence-electron chi connectivity index (χ4n) is 3.50. The molecule has 1 atom stereocenters. The highest BCUT2D eigenvalue weighted by atomic mass is 32.2. The number of benzene rings is 2. The number of halogens is 1. The molecule has 2 aromatic rings. The average Bonchev–Trinajstić information content (AvgIpc) is 3.10. The van der Waals surface area contributed by atoms with Crippen LogP contribution in [0.15, 0.2) is 36.4 Å². The largest absolute Gasteiger partial charge is 0.478 e. The lowest BCUT2D eigenvalue weighted by atomic mass is 9.96. The summed E-state index contributed by atoms with van der Waals surface area (Å²) in [5.74, 6) is -1.12. The average molecular weight is 434 g/mol. The zero-order chi connectivity index (χ0) is 21.7. The van der Waals surface area contributed by atoms with Crippen molar-refractivity contribution in [1.82, 2.24) is 0 Å². The van der Waals surface area contributed by atoms with Gasteiger partial charge >= 0.3 is 5.97 Å². The lowest BCUT2D eigenvalue weighted by molar-refractivity contribution is -0.115. The van der Waals surface area contributed by atoms with E-state index in [4.69, 9.17) is 9.47 Å². The van der Waals surface area contributed by atoms with Gasteiger partial charge in [0.2, 0.25) is 5.91 Å². The summed E-state index contributed by atoms with van der Waals surface area (Å²) in [7, 11) is 1.59. The van der Waals surface area contributed by atoms with E-state index >= 15 is 0 Å². The number of carboxylic acids is 1. The third-order valence-electron chi connectivity index (χ3n) is 5.01. The van der Waals surface area contributed by atoms with Crippen LogP contribution in [0.3, 0.4) is 0 Å². The lowest BCUT2D eigenvalue weighted by Gasteiger charge is -2.27. The van der Waals surface area contributed by atoms with Gasteiger partial charge < -0.3 is 14.6 Å². The fraction of sp³-hybridized carbons (Fsp3) is 0.364. The molecule has 0 spiro atoms. The number of ether oxygens (including phenoxy) is 2. The van der Waals surface area contributed by atoms with Crippen LogP contribution in [0, 0.1) is 12.7 Å². The number of methoxy groups -OCH3 is 1. The van der Waals surface area contributed by atoms with E-state index in [9.17, 15) is 19.1 Å². The van der Waals surface area contributed by atoms with Crippen molar-refractivity contribution in [1.29, 1.82) is 0 Å². The van der Waals surface area contributed by atoms with Gasteiger partial charge in [0, 0.05) is 12.8 Å². The Morgan fingerprint density at radius 2 is 1.93 bits per heavy atom. The van der Waals surface area contributed by atoms with Crippen LogP contribution in [0.25, 0.3) is 0 Å². The summed E-state index contributed by atoms with van der Waals surface area (Å²) < 4.78 is 23.8. The van der Waals surface area contributed by atoms with Crippen LogP contribution in [-0.4, -0.2) is 49.7 Å². The van der Waals surface area contributed by atoms with Crippen molar-refractivity contribution >= 4 is 29.3 Å². The van der Waals surface area contributed by atoms with Crippen molar-refractivity contribution in [3.63, 3.8) is 0 Å². The van der Waals surface area contributed by atoms with Gasteiger partial charge in [-0.1, -0.05) is 12.1 Å². The van der Waals surface area contributed by atoms with E-state index in [1.165, 1.54) is 30.0 Å². The molecule has 160 valence electrons. The van der Waals surface area contributed by atoms with Crippen LogP contribution < -0.4 is 4.90 Å². The van der Waals surface area contributed by atoms with Crippen molar-refractivity contribution in [2.75, 3.05) is 37.6 Å². The highest BCUT2D eigenvalue weighted by molar-refractivity contribution is 8.00. The molecule has 3 rings (SSSR count). The second-order valence-electron chi connectivity index (χ2n) is 6.87. The molecule has 0 aromatic heterocycles. The fourth-order valence-corrected chi connectivity index (χ4v) is 4.67. The molecule has 0 radical (unpaired) electrons. The molecule has 1 aliphatic rings. The highest BCUT2D eigenvalue weighted by Gasteiger charge is 2.35. The summed E-state index contributed by atoms with van der Waals surface area (Å²) in [6, 6.07) is 9.30. The number of anilines is 1. The monoisotopic (exact) mass is 433 g/mol. The molecule has 1 aliphatic heterocycles. The molecule has 2 aromatic carbocycles. The van der Waals surface area contributed by atoms with Gasteiger partial charge in [-0.05, 0) is 54.3 Å². The molecule has 8 heteroatoms. The maximum Gasteiger partial charge on any atom is 0.335 e. The predicted octanol–water partition coefficient (Wildman–Crippen LogP) is 3.82. The summed E-state index contributed by atoms with van der Waals surface area (Å²) in [5.41, 5.74) is 3.05. The Morgan fingerprint density at radius 1 is 1.20 bits per heavy atom. The third kappa shape index (κ3) is 4.83. The van der Waals surface area contributed by atoms with E-state index in [1.54, 1.807) is 30.2 Å². The maximum absolute atomic E-state index is 13.3. The number of hydrogen-bond acceptors (Lipinski definition) is 5. The normalized spacial score (nSPS) is 16.3. The standard InChI is InChI=1S/C22H24FNO5S/c1-14-17(9-10-29-12-11-28-2)18(22(26)27)7-8-19(14)24-20(25)13-30-21(24)15-3-5-16(23)6-4-15/h3-8,21H,9-13H2,1-2H3,(H,26,27). The number of carboxylic acid groups (broad SMARTS) is 1. The number of carbonyl (C=O) groups excluding carboxylic acids is 1. The minimum absolute atomic E-state index is 0.0669. The van der Waals surface area contributed by atoms with Crippen LogP contribution in [0.2, 0.25) is 0 Å². The molecule has 6 nitrogen and oxygen atoms in total. The van der Waals surface area contributed by atoms with Gasteiger partial charge in [-0.2, -0.15) is 0 Å². The SMILES string of the molecule is COCCOCCc1c(C(=O)O)ccc(N2C(=O)CSC2c2ccc(F)cc2)c1C. The van der Waals surface area contributed by atoms with Gasteiger partial charge in [-0.15, -0.1) is 11.8 Å². The minimum atomic E-state index is -1.02.